The van der Waals surface area contributed by atoms with Crippen LogP contribution >= 0.6 is 0 Å². The van der Waals surface area contributed by atoms with E-state index in [-0.39, 0.29) is 5.09 Å². The van der Waals surface area contributed by atoms with Crippen molar-refractivity contribution in [3.8, 4) is 12.3 Å². The van der Waals surface area contributed by atoms with Crippen molar-refractivity contribution in [1.29, 1.82) is 0 Å². The second-order valence-electron chi connectivity index (χ2n) is 4.46. The van der Waals surface area contributed by atoms with Crippen LogP contribution in [0.25, 0.3) is 0 Å². The Morgan fingerprint density at radius 3 is 2.79 bits per heavy atom. The van der Waals surface area contributed by atoms with Crippen LogP contribution in [0.4, 0.5) is 0 Å². The number of nitrogens with one attached hydrogen (secondary N) is 2. The summed E-state index contributed by atoms with van der Waals surface area (Å²) in [6, 6.07) is 3.43. The molecule has 0 bridgehead atoms. The van der Waals surface area contributed by atoms with Crippen LogP contribution in [0.1, 0.15) is 32.4 Å². The second-order valence-corrected chi connectivity index (χ2v) is 6.16. The highest BCUT2D eigenvalue weighted by Crippen LogP contribution is 2.13. The van der Waals surface area contributed by atoms with Crippen LogP contribution in [-0.2, 0) is 16.6 Å². The molecule has 6 heteroatoms. The van der Waals surface area contributed by atoms with Gasteiger partial charge < -0.3 is 9.73 Å². The highest BCUT2D eigenvalue weighted by Gasteiger charge is 2.17. The van der Waals surface area contributed by atoms with Crippen molar-refractivity contribution in [2.24, 2.45) is 0 Å². The normalized spacial score (nSPS) is 11.7. The highest BCUT2D eigenvalue weighted by atomic mass is 32.2. The van der Waals surface area contributed by atoms with Gasteiger partial charge in [0.25, 0.3) is 10.0 Å². The van der Waals surface area contributed by atoms with Crippen LogP contribution < -0.4 is 10.0 Å². The van der Waals surface area contributed by atoms with Crippen LogP contribution in [0.5, 0.6) is 0 Å². The van der Waals surface area contributed by atoms with Crippen molar-refractivity contribution >= 4 is 10.0 Å². The molecule has 19 heavy (non-hydrogen) atoms. The van der Waals surface area contributed by atoms with Crippen molar-refractivity contribution in [2.75, 3.05) is 6.54 Å². The molecule has 1 heterocycles. The summed E-state index contributed by atoms with van der Waals surface area (Å²) in [5.74, 6) is 3.05. The van der Waals surface area contributed by atoms with Gasteiger partial charge in [0, 0.05) is 19.0 Å². The summed E-state index contributed by atoms with van der Waals surface area (Å²) in [5.41, 5.74) is 0. The Labute approximate surface area is 114 Å². The number of terminal acetylenes is 1. The molecule has 0 radical (unpaired) electrons. The first-order chi connectivity index (χ1) is 8.95. The Kier molecular flexibility index (Phi) is 6.09. The summed E-state index contributed by atoms with van der Waals surface area (Å²) in [7, 11) is -3.57. The van der Waals surface area contributed by atoms with Crippen LogP contribution in [0, 0.1) is 12.3 Å². The van der Waals surface area contributed by atoms with Gasteiger partial charge in [-0.2, -0.15) is 0 Å². The Hall–Kier alpha value is -1.29. The Morgan fingerprint density at radius 1 is 1.42 bits per heavy atom. The van der Waals surface area contributed by atoms with Gasteiger partial charge in [-0.15, -0.1) is 12.3 Å². The lowest BCUT2D eigenvalue weighted by molar-refractivity contribution is 0.393. The van der Waals surface area contributed by atoms with E-state index in [1.807, 2.05) is 13.8 Å². The molecule has 1 aromatic heterocycles. The summed E-state index contributed by atoms with van der Waals surface area (Å²) >= 11 is 0. The molecule has 0 aliphatic carbocycles. The summed E-state index contributed by atoms with van der Waals surface area (Å²) in [5, 5.41) is 3.09. The fourth-order valence-electron chi connectivity index (χ4n) is 1.37. The number of rotatable bonds is 8. The maximum atomic E-state index is 11.9. The average Bonchev–Trinajstić information content (AvgIpc) is 2.82. The first-order valence-corrected chi connectivity index (χ1v) is 7.69. The molecule has 0 spiro atoms. The third kappa shape index (κ3) is 5.47. The van der Waals surface area contributed by atoms with Gasteiger partial charge in [-0.3, -0.25) is 0 Å². The van der Waals surface area contributed by atoms with Crippen LogP contribution in [0.2, 0.25) is 0 Å². The van der Waals surface area contributed by atoms with Crippen molar-refractivity contribution in [1.82, 2.24) is 10.0 Å². The summed E-state index contributed by atoms with van der Waals surface area (Å²) in [6.45, 7) is 4.83. The minimum atomic E-state index is -3.57. The predicted molar refractivity (Wildman–Crippen MR) is 73.9 cm³/mol. The zero-order valence-corrected chi connectivity index (χ0v) is 12.1. The second kappa shape index (κ2) is 7.34. The largest absolute Gasteiger partial charge is 0.447 e. The molecular weight excluding hydrogens is 264 g/mol. The van der Waals surface area contributed by atoms with E-state index < -0.39 is 10.0 Å². The first-order valence-electron chi connectivity index (χ1n) is 6.21. The van der Waals surface area contributed by atoms with Crippen molar-refractivity contribution in [3.05, 3.63) is 17.9 Å². The van der Waals surface area contributed by atoms with Crippen LogP contribution in [0.3, 0.4) is 0 Å². The highest BCUT2D eigenvalue weighted by molar-refractivity contribution is 7.89. The van der Waals surface area contributed by atoms with Gasteiger partial charge in [0.2, 0.25) is 5.09 Å². The molecule has 0 unspecified atom stereocenters. The monoisotopic (exact) mass is 284 g/mol. The standard InChI is InChI=1S/C13H20N2O3S/c1-4-5-6-9-15-19(16,17)13-8-7-12(18-13)10-14-11(2)3/h1,7-8,11,14-15H,5-6,9-10H2,2-3H3. The Balaban J connectivity index is 2.56. The molecule has 0 aliphatic heterocycles. The van der Waals surface area contributed by atoms with Gasteiger partial charge in [-0.1, -0.05) is 13.8 Å². The molecule has 106 valence electrons. The van der Waals surface area contributed by atoms with Crippen molar-refractivity contribution < 1.29 is 12.8 Å². The number of hydrogen-bond acceptors (Lipinski definition) is 4. The van der Waals surface area contributed by atoms with Gasteiger partial charge in [-0.25, -0.2) is 13.1 Å². The maximum absolute atomic E-state index is 11.9. The fraction of sp³-hybridized carbons (Fsp3) is 0.538. The molecule has 0 saturated heterocycles. The lowest BCUT2D eigenvalue weighted by atomic mass is 10.3. The third-order valence-corrected chi connectivity index (χ3v) is 3.71. The minimum absolute atomic E-state index is 0.0613. The van der Waals surface area contributed by atoms with E-state index in [9.17, 15) is 8.42 Å². The predicted octanol–water partition coefficient (Wildman–Crippen LogP) is 1.47. The SMILES string of the molecule is C#CCCCNS(=O)(=O)c1ccc(CNC(C)C)o1. The number of hydrogen-bond donors (Lipinski definition) is 2. The van der Waals surface area contributed by atoms with E-state index in [0.29, 0.717) is 37.7 Å². The molecule has 5 nitrogen and oxygen atoms in total. The third-order valence-electron chi connectivity index (χ3n) is 2.38. The quantitative estimate of drug-likeness (QED) is 0.560. The number of furan rings is 1. The topological polar surface area (TPSA) is 71.3 Å². The molecule has 0 fully saturated rings. The summed E-state index contributed by atoms with van der Waals surface area (Å²) in [4.78, 5) is 0. The van der Waals surface area contributed by atoms with Gasteiger partial charge >= 0.3 is 0 Å². The number of unbranched alkanes of at least 4 members (excludes halogenated alkanes) is 1. The fourth-order valence-corrected chi connectivity index (χ4v) is 2.39. The van der Waals surface area contributed by atoms with Gasteiger partial charge in [0.1, 0.15) is 5.76 Å². The molecule has 1 aromatic rings. The van der Waals surface area contributed by atoms with Gasteiger partial charge in [0.05, 0.1) is 6.54 Å². The average molecular weight is 284 g/mol. The van der Waals surface area contributed by atoms with E-state index >= 15 is 0 Å². The van der Waals surface area contributed by atoms with Crippen LogP contribution in [-0.4, -0.2) is 21.0 Å². The molecule has 0 aromatic carbocycles. The van der Waals surface area contributed by atoms with Gasteiger partial charge in [0.15, 0.2) is 0 Å². The lowest BCUT2D eigenvalue weighted by Gasteiger charge is -2.05. The molecule has 0 atom stereocenters. The molecule has 2 N–H and O–H groups in total. The van der Waals surface area contributed by atoms with Gasteiger partial charge in [-0.05, 0) is 18.6 Å². The lowest BCUT2D eigenvalue weighted by Crippen LogP contribution is -2.24. The molecule has 0 aliphatic rings. The maximum Gasteiger partial charge on any atom is 0.273 e. The summed E-state index contributed by atoms with van der Waals surface area (Å²) in [6.07, 6.45) is 6.25. The molecule has 0 saturated carbocycles. The zero-order valence-electron chi connectivity index (χ0n) is 11.3. The van der Waals surface area contributed by atoms with Crippen molar-refractivity contribution in [2.45, 2.75) is 44.4 Å². The van der Waals surface area contributed by atoms with E-state index in [4.69, 9.17) is 10.8 Å². The van der Waals surface area contributed by atoms with E-state index in [0.717, 1.165) is 0 Å². The van der Waals surface area contributed by atoms with E-state index in [2.05, 4.69) is 16.0 Å². The Bertz CT molecular complexity index is 526. The number of sulfonamides is 1. The van der Waals surface area contributed by atoms with E-state index in [1.54, 1.807) is 6.07 Å². The summed E-state index contributed by atoms with van der Waals surface area (Å²) < 4.78 is 31.5. The zero-order chi connectivity index (χ0) is 14.3. The molecule has 1 rings (SSSR count). The smallest absolute Gasteiger partial charge is 0.273 e. The van der Waals surface area contributed by atoms with E-state index in [1.165, 1.54) is 6.07 Å². The van der Waals surface area contributed by atoms with Crippen molar-refractivity contribution in [3.63, 3.8) is 0 Å². The first kappa shape index (κ1) is 15.8. The molecular formula is C13H20N2O3S. The van der Waals surface area contributed by atoms with Crippen LogP contribution in [0.15, 0.2) is 21.6 Å². The molecule has 0 amide bonds. The minimum Gasteiger partial charge on any atom is -0.447 e. The Morgan fingerprint density at radius 2 is 2.16 bits per heavy atom.